The second kappa shape index (κ2) is 5.28. The van der Waals surface area contributed by atoms with E-state index in [0.29, 0.717) is 0 Å². The number of rotatable bonds is 4. The number of hydrogen-bond acceptors (Lipinski definition) is 5. The lowest BCUT2D eigenvalue weighted by molar-refractivity contribution is -0.166. The number of alkyl halides is 4. The molecule has 1 aliphatic heterocycles. The summed E-state index contributed by atoms with van der Waals surface area (Å²) in [5, 5.41) is 7.92. The molecule has 1 aromatic rings. The predicted octanol–water partition coefficient (Wildman–Crippen LogP) is 2.45. The van der Waals surface area contributed by atoms with E-state index >= 15 is 0 Å². The zero-order valence-corrected chi connectivity index (χ0v) is 12.8. The van der Waals surface area contributed by atoms with E-state index in [1.807, 2.05) is 0 Å². The van der Waals surface area contributed by atoms with Crippen molar-refractivity contribution in [3.63, 3.8) is 0 Å². The molecular formula is C10H7BrF3N3O4S. The van der Waals surface area contributed by atoms with E-state index in [4.69, 9.17) is 4.55 Å². The predicted molar refractivity (Wildman–Crippen MR) is 71.3 cm³/mol. The van der Waals surface area contributed by atoms with Crippen LogP contribution in [0.25, 0.3) is 0 Å². The zero-order chi connectivity index (χ0) is 16.8. The largest absolute Gasteiger partial charge is 0.442 e. The van der Waals surface area contributed by atoms with Crippen LogP contribution in [-0.2, 0) is 20.6 Å². The molecule has 2 N–H and O–H groups in total. The second-order valence-electron chi connectivity index (χ2n) is 4.24. The van der Waals surface area contributed by atoms with E-state index < -0.39 is 38.3 Å². The van der Waals surface area contributed by atoms with Crippen LogP contribution in [0, 0.1) is 0 Å². The summed E-state index contributed by atoms with van der Waals surface area (Å²) in [6.07, 6.45) is -4.98. The van der Waals surface area contributed by atoms with Crippen LogP contribution in [-0.4, -0.2) is 30.4 Å². The van der Waals surface area contributed by atoms with Gasteiger partial charge in [0.25, 0.3) is 10.1 Å². The Hall–Kier alpha value is -1.53. The molecule has 0 saturated carbocycles. The molecule has 0 unspecified atom stereocenters. The van der Waals surface area contributed by atoms with Gasteiger partial charge >= 0.3 is 11.8 Å². The minimum atomic E-state index is -4.98. The fourth-order valence-electron chi connectivity index (χ4n) is 1.72. The second-order valence-corrected chi connectivity index (χ2v) is 6.19. The van der Waals surface area contributed by atoms with Crippen molar-refractivity contribution in [2.75, 3.05) is 10.6 Å². The van der Waals surface area contributed by atoms with Crippen LogP contribution >= 0.6 is 15.9 Å². The van der Waals surface area contributed by atoms with E-state index in [1.54, 1.807) is 0 Å². The van der Waals surface area contributed by atoms with Crippen LogP contribution in [0.4, 0.5) is 18.9 Å². The lowest BCUT2D eigenvalue weighted by atomic mass is 10.0. The van der Waals surface area contributed by atoms with E-state index in [0.717, 1.165) is 18.2 Å². The third kappa shape index (κ3) is 2.98. The van der Waals surface area contributed by atoms with Gasteiger partial charge in [-0.3, -0.25) is 9.35 Å². The van der Waals surface area contributed by atoms with Crippen molar-refractivity contribution in [1.82, 2.24) is 0 Å². The average molecular weight is 402 g/mol. The average Bonchev–Trinajstić information content (AvgIpc) is 3.17. The standard InChI is InChI=1S/C10H7BrF3N3O4S/c11-4-8(18)15-5-1-2-7(22(19,20)21)6(3-5)9(16-17-9)10(12,13)14/h1-3H,4H2,(H,15,18)(H,19,20,21). The number of halogens is 4. The number of carbonyl (C=O) groups excluding carboxylic acids is 1. The molecular weight excluding hydrogens is 395 g/mol. The van der Waals surface area contributed by atoms with Gasteiger partial charge in [-0.15, -0.1) is 10.2 Å². The first-order valence-electron chi connectivity index (χ1n) is 5.50. The third-order valence-electron chi connectivity index (χ3n) is 2.73. The highest BCUT2D eigenvalue weighted by Gasteiger charge is 2.66. The van der Waals surface area contributed by atoms with Crippen LogP contribution in [0.2, 0.25) is 0 Å². The first-order chi connectivity index (χ1) is 10.0. The molecule has 1 amide bonds. The number of amides is 1. The molecule has 1 aromatic carbocycles. The Kier molecular flexibility index (Phi) is 4.04. The number of benzene rings is 1. The van der Waals surface area contributed by atoms with Crippen molar-refractivity contribution in [1.29, 1.82) is 0 Å². The van der Waals surface area contributed by atoms with E-state index in [9.17, 15) is 26.4 Å². The van der Waals surface area contributed by atoms with Crippen molar-refractivity contribution in [3.8, 4) is 0 Å². The summed E-state index contributed by atoms with van der Waals surface area (Å²) in [6.45, 7) is 0. The molecule has 0 aliphatic carbocycles. The molecule has 0 bridgehead atoms. The number of nitrogens with zero attached hydrogens (tertiary/aromatic N) is 2. The minimum Gasteiger partial charge on any atom is -0.325 e. The Balaban J connectivity index is 2.58. The van der Waals surface area contributed by atoms with Crippen LogP contribution in [0.1, 0.15) is 5.56 Å². The van der Waals surface area contributed by atoms with Gasteiger partial charge in [0.15, 0.2) is 0 Å². The van der Waals surface area contributed by atoms with Gasteiger partial charge in [0.2, 0.25) is 5.91 Å². The first kappa shape index (κ1) is 16.8. The molecule has 0 saturated heterocycles. The van der Waals surface area contributed by atoms with Gasteiger partial charge < -0.3 is 5.32 Å². The summed E-state index contributed by atoms with van der Waals surface area (Å²) in [7, 11) is -4.93. The minimum absolute atomic E-state index is 0.0900. The highest BCUT2D eigenvalue weighted by molar-refractivity contribution is 9.09. The fraction of sp³-hybridized carbons (Fsp3) is 0.300. The summed E-state index contributed by atoms with van der Waals surface area (Å²) in [5.74, 6) is -0.559. The highest BCUT2D eigenvalue weighted by Crippen LogP contribution is 2.54. The molecule has 0 fully saturated rings. The molecule has 22 heavy (non-hydrogen) atoms. The Morgan fingerprint density at radius 2 is 1.95 bits per heavy atom. The van der Waals surface area contributed by atoms with E-state index in [2.05, 4.69) is 31.5 Å². The van der Waals surface area contributed by atoms with Gasteiger partial charge in [0.05, 0.1) is 5.33 Å². The molecule has 120 valence electrons. The van der Waals surface area contributed by atoms with Crippen molar-refractivity contribution < 1.29 is 30.9 Å². The fourth-order valence-corrected chi connectivity index (χ4v) is 2.58. The Bertz CT molecular complexity index is 757. The van der Waals surface area contributed by atoms with Crippen LogP contribution in [0.3, 0.4) is 0 Å². The molecule has 0 radical (unpaired) electrons. The van der Waals surface area contributed by atoms with Gasteiger partial charge in [-0.1, -0.05) is 15.9 Å². The first-order valence-corrected chi connectivity index (χ1v) is 8.06. The number of nitrogens with one attached hydrogen (secondary N) is 1. The van der Waals surface area contributed by atoms with Crippen molar-refractivity contribution in [3.05, 3.63) is 23.8 Å². The van der Waals surface area contributed by atoms with Crippen LogP contribution < -0.4 is 5.32 Å². The smallest absolute Gasteiger partial charge is 0.325 e. The van der Waals surface area contributed by atoms with Crippen molar-refractivity contribution in [2.45, 2.75) is 16.7 Å². The summed E-state index contributed by atoms with van der Waals surface area (Å²) < 4.78 is 70.7. The van der Waals surface area contributed by atoms with Crippen molar-refractivity contribution in [2.24, 2.45) is 10.2 Å². The Morgan fingerprint density at radius 3 is 2.36 bits per heavy atom. The molecule has 2 rings (SSSR count). The number of anilines is 1. The molecule has 1 aliphatic rings. The third-order valence-corrected chi connectivity index (χ3v) is 4.15. The molecule has 1 heterocycles. The Labute approximate surface area is 130 Å². The van der Waals surface area contributed by atoms with Gasteiger partial charge in [-0.2, -0.15) is 21.6 Å². The summed E-state index contributed by atoms with van der Waals surface area (Å²) in [5.41, 5.74) is -4.02. The normalized spacial score (nSPS) is 16.4. The van der Waals surface area contributed by atoms with Crippen molar-refractivity contribution >= 4 is 37.6 Å². The van der Waals surface area contributed by atoms with Gasteiger partial charge in [-0.25, -0.2) is 0 Å². The number of hydrogen-bond donors (Lipinski definition) is 2. The lowest BCUT2D eigenvalue weighted by Gasteiger charge is -2.18. The maximum absolute atomic E-state index is 13.1. The zero-order valence-electron chi connectivity index (χ0n) is 10.4. The molecule has 0 atom stereocenters. The maximum atomic E-state index is 13.1. The highest BCUT2D eigenvalue weighted by atomic mass is 79.9. The van der Waals surface area contributed by atoms with Crippen LogP contribution in [0.15, 0.2) is 33.3 Å². The number of carbonyl (C=O) groups is 1. The summed E-state index contributed by atoms with van der Waals surface area (Å²) in [6, 6.07) is 2.54. The van der Waals surface area contributed by atoms with E-state index in [-0.39, 0.29) is 11.0 Å². The van der Waals surface area contributed by atoms with Crippen LogP contribution in [0.5, 0.6) is 0 Å². The van der Waals surface area contributed by atoms with Gasteiger partial charge in [-0.05, 0) is 18.2 Å². The maximum Gasteiger partial charge on any atom is 0.442 e. The monoisotopic (exact) mass is 401 g/mol. The molecule has 7 nitrogen and oxygen atoms in total. The quantitative estimate of drug-likeness (QED) is 0.596. The molecule has 12 heteroatoms. The SMILES string of the molecule is O=C(CBr)Nc1ccc(S(=O)(=O)O)c(C2(C(F)(F)F)N=N2)c1. The topological polar surface area (TPSA) is 108 Å². The lowest BCUT2D eigenvalue weighted by Crippen LogP contribution is -2.32. The van der Waals surface area contributed by atoms with Gasteiger partial charge in [0, 0.05) is 11.3 Å². The van der Waals surface area contributed by atoms with Gasteiger partial charge in [0.1, 0.15) is 4.90 Å². The van der Waals surface area contributed by atoms with E-state index in [1.165, 1.54) is 0 Å². The summed E-state index contributed by atoms with van der Waals surface area (Å²) in [4.78, 5) is 10.3. The summed E-state index contributed by atoms with van der Waals surface area (Å²) >= 11 is 2.86. The molecule has 0 aromatic heterocycles. The Morgan fingerprint density at radius 1 is 1.36 bits per heavy atom. The molecule has 0 spiro atoms.